The zero-order valence-corrected chi connectivity index (χ0v) is 13.2. The monoisotopic (exact) mass is 311 g/mol. The first kappa shape index (κ1) is 17.5. The summed E-state index contributed by atoms with van der Waals surface area (Å²) in [5.41, 5.74) is 2.44. The molecule has 21 heavy (non-hydrogen) atoms. The van der Waals surface area contributed by atoms with E-state index in [1.807, 2.05) is 19.1 Å². The van der Waals surface area contributed by atoms with Crippen molar-refractivity contribution in [1.82, 2.24) is 5.32 Å². The van der Waals surface area contributed by atoms with Gasteiger partial charge in [0.1, 0.15) is 0 Å². The Bertz CT molecular complexity index is 514. The minimum Gasteiger partial charge on any atom is -0.326 e. The van der Waals surface area contributed by atoms with Crippen molar-refractivity contribution >= 4 is 35.6 Å². The first-order valence-corrected chi connectivity index (χ1v) is 6.93. The van der Waals surface area contributed by atoms with Crippen LogP contribution in [0.5, 0.6) is 0 Å². The van der Waals surface area contributed by atoms with Gasteiger partial charge >= 0.3 is 0 Å². The van der Waals surface area contributed by atoms with Crippen LogP contribution < -0.4 is 16.0 Å². The number of halogens is 1. The SMILES string of the molecule is CC(=O)Nc1ccc(C)c(NC(=O)CC2CCNC2)c1.Cl. The average Bonchev–Trinajstić information content (AvgIpc) is 2.85. The van der Waals surface area contributed by atoms with Crippen LogP contribution >= 0.6 is 12.4 Å². The lowest BCUT2D eigenvalue weighted by atomic mass is 10.0. The first-order valence-electron chi connectivity index (χ1n) is 6.93. The Balaban J connectivity index is 0.00000220. The van der Waals surface area contributed by atoms with Crippen LogP contribution in [0.4, 0.5) is 11.4 Å². The van der Waals surface area contributed by atoms with Crippen molar-refractivity contribution in [2.45, 2.75) is 26.7 Å². The molecule has 3 N–H and O–H groups in total. The molecule has 0 aliphatic carbocycles. The van der Waals surface area contributed by atoms with Crippen LogP contribution in [0.15, 0.2) is 18.2 Å². The van der Waals surface area contributed by atoms with Gasteiger partial charge in [-0.3, -0.25) is 9.59 Å². The summed E-state index contributed by atoms with van der Waals surface area (Å²) in [4.78, 5) is 23.1. The number of carbonyl (C=O) groups excluding carboxylic acids is 2. The van der Waals surface area contributed by atoms with E-state index in [2.05, 4.69) is 16.0 Å². The van der Waals surface area contributed by atoms with E-state index >= 15 is 0 Å². The third kappa shape index (κ3) is 5.36. The molecule has 2 amide bonds. The molecule has 1 saturated heterocycles. The van der Waals surface area contributed by atoms with Gasteiger partial charge in [-0.15, -0.1) is 12.4 Å². The van der Waals surface area contributed by atoms with Crippen LogP contribution in [-0.4, -0.2) is 24.9 Å². The van der Waals surface area contributed by atoms with E-state index < -0.39 is 0 Å². The molecular formula is C15H22ClN3O2. The fraction of sp³-hybridized carbons (Fsp3) is 0.467. The Morgan fingerprint density at radius 1 is 1.33 bits per heavy atom. The molecule has 1 aromatic carbocycles. The molecule has 0 bridgehead atoms. The predicted octanol–water partition coefficient (Wildman–Crippen LogP) is 2.31. The van der Waals surface area contributed by atoms with Crippen molar-refractivity contribution in [2.24, 2.45) is 5.92 Å². The van der Waals surface area contributed by atoms with Crippen molar-refractivity contribution in [3.05, 3.63) is 23.8 Å². The van der Waals surface area contributed by atoms with Gasteiger partial charge in [0.15, 0.2) is 0 Å². The normalized spacial score (nSPS) is 17.0. The molecule has 5 nitrogen and oxygen atoms in total. The lowest BCUT2D eigenvalue weighted by Crippen LogP contribution is -2.19. The number of nitrogens with one attached hydrogen (secondary N) is 3. The molecule has 1 aliphatic heterocycles. The molecule has 0 aromatic heterocycles. The third-order valence-electron chi connectivity index (χ3n) is 3.47. The second-order valence-corrected chi connectivity index (χ2v) is 5.32. The maximum atomic E-state index is 12.0. The molecule has 1 unspecified atom stereocenters. The van der Waals surface area contributed by atoms with Crippen molar-refractivity contribution < 1.29 is 9.59 Å². The highest BCUT2D eigenvalue weighted by atomic mass is 35.5. The number of anilines is 2. The topological polar surface area (TPSA) is 70.2 Å². The highest BCUT2D eigenvalue weighted by Gasteiger charge is 2.18. The van der Waals surface area contributed by atoms with E-state index in [1.54, 1.807) is 6.07 Å². The van der Waals surface area contributed by atoms with Crippen LogP contribution in [0.3, 0.4) is 0 Å². The van der Waals surface area contributed by atoms with Gasteiger partial charge in [-0.25, -0.2) is 0 Å². The standard InChI is InChI=1S/C15H21N3O2.ClH/c1-10-3-4-13(17-11(2)19)8-14(10)18-15(20)7-12-5-6-16-9-12;/h3-4,8,12,16H,5-7,9H2,1-2H3,(H,17,19)(H,18,20);1H. The Kier molecular flexibility index (Phi) is 6.65. The van der Waals surface area contributed by atoms with Gasteiger partial charge in [0.2, 0.25) is 11.8 Å². The van der Waals surface area contributed by atoms with Crippen LogP contribution in [0.25, 0.3) is 0 Å². The molecular weight excluding hydrogens is 290 g/mol. The van der Waals surface area contributed by atoms with Crippen LogP contribution in [0.1, 0.15) is 25.3 Å². The molecule has 1 aromatic rings. The molecule has 1 fully saturated rings. The van der Waals surface area contributed by atoms with Crippen LogP contribution in [-0.2, 0) is 9.59 Å². The Hall–Kier alpha value is -1.59. The van der Waals surface area contributed by atoms with Gasteiger partial charge < -0.3 is 16.0 Å². The van der Waals surface area contributed by atoms with E-state index in [0.717, 1.165) is 30.8 Å². The molecule has 1 heterocycles. The summed E-state index contributed by atoms with van der Waals surface area (Å²) in [5, 5.41) is 8.91. The molecule has 116 valence electrons. The highest BCUT2D eigenvalue weighted by Crippen LogP contribution is 2.21. The quantitative estimate of drug-likeness (QED) is 0.799. The lowest BCUT2D eigenvalue weighted by Gasteiger charge is -2.12. The summed E-state index contributed by atoms with van der Waals surface area (Å²) in [6, 6.07) is 5.51. The molecule has 6 heteroatoms. The zero-order valence-electron chi connectivity index (χ0n) is 12.4. The average molecular weight is 312 g/mol. The third-order valence-corrected chi connectivity index (χ3v) is 3.47. The maximum Gasteiger partial charge on any atom is 0.224 e. The number of hydrogen-bond donors (Lipinski definition) is 3. The molecule has 0 spiro atoms. The molecule has 1 atom stereocenters. The number of hydrogen-bond acceptors (Lipinski definition) is 3. The number of benzene rings is 1. The minimum absolute atomic E-state index is 0. The predicted molar refractivity (Wildman–Crippen MR) is 87.0 cm³/mol. The fourth-order valence-corrected chi connectivity index (χ4v) is 2.39. The van der Waals surface area contributed by atoms with Gasteiger partial charge in [-0.1, -0.05) is 6.07 Å². The molecule has 1 aliphatic rings. The second-order valence-electron chi connectivity index (χ2n) is 5.32. The van der Waals surface area contributed by atoms with Crippen molar-refractivity contribution in [1.29, 1.82) is 0 Å². The van der Waals surface area contributed by atoms with E-state index in [4.69, 9.17) is 0 Å². The van der Waals surface area contributed by atoms with Crippen LogP contribution in [0, 0.1) is 12.8 Å². The van der Waals surface area contributed by atoms with Gasteiger partial charge in [0.25, 0.3) is 0 Å². The van der Waals surface area contributed by atoms with Crippen molar-refractivity contribution in [2.75, 3.05) is 23.7 Å². The van der Waals surface area contributed by atoms with Gasteiger partial charge in [0.05, 0.1) is 0 Å². The van der Waals surface area contributed by atoms with Crippen LogP contribution in [0.2, 0.25) is 0 Å². The summed E-state index contributed by atoms with van der Waals surface area (Å²) < 4.78 is 0. The smallest absolute Gasteiger partial charge is 0.224 e. The van der Waals surface area contributed by atoms with Gasteiger partial charge in [-0.2, -0.15) is 0 Å². The number of rotatable bonds is 4. The number of amides is 2. The maximum absolute atomic E-state index is 12.0. The van der Waals surface area contributed by atoms with E-state index in [0.29, 0.717) is 18.0 Å². The molecule has 0 radical (unpaired) electrons. The Labute approximate surface area is 131 Å². The summed E-state index contributed by atoms with van der Waals surface area (Å²) in [5.74, 6) is 0.332. The highest BCUT2D eigenvalue weighted by molar-refractivity contribution is 5.94. The van der Waals surface area contributed by atoms with E-state index in [-0.39, 0.29) is 24.2 Å². The zero-order chi connectivity index (χ0) is 14.5. The van der Waals surface area contributed by atoms with Gasteiger partial charge in [-0.05, 0) is 50.0 Å². The summed E-state index contributed by atoms with van der Waals surface area (Å²) in [7, 11) is 0. The molecule has 0 saturated carbocycles. The Morgan fingerprint density at radius 3 is 2.71 bits per heavy atom. The van der Waals surface area contributed by atoms with Crippen molar-refractivity contribution in [3.8, 4) is 0 Å². The van der Waals surface area contributed by atoms with E-state index in [1.165, 1.54) is 6.92 Å². The van der Waals surface area contributed by atoms with Crippen molar-refractivity contribution in [3.63, 3.8) is 0 Å². The summed E-state index contributed by atoms with van der Waals surface area (Å²) in [6.07, 6.45) is 1.59. The largest absolute Gasteiger partial charge is 0.326 e. The minimum atomic E-state index is -0.122. The number of carbonyl (C=O) groups is 2. The second kappa shape index (κ2) is 8.00. The number of aryl methyl sites for hydroxylation is 1. The first-order chi connectivity index (χ1) is 9.54. The van der Waals surface area contributed by atoms with Gasteiger partial charge in [0, 0.05) is 24.7 Å². The molecule has 2 rings (SSSR count). The lowest BCUT2D eigenvalue weighted by molar-refractivity contribution is -0.117. The fourth-order valence-electron chi connectivity index (χ4n) is 2.39. The summed E-state index contributed by atoms with van der Waals surface area (Å²) >= 11 is 0. The Morgan fingerprint density at radius 2 is 2.10 bits per heavy atom. The summed E-state index contributed by atoms with van der Waals surface area (Å²) in [6.45, 7) is 5.31. The van der Waals surface area contributed by atoms with E-state index in [9.17, 15) is 9.59 Å².